The second-order valence-corrected chi connectivity index (χ2v) is 7.45. The van der Waals surface area contributed by atoms with Crippen molar-refractivity contribution in [3.8, 4) is 5.75 Å². The van der Waals surface area contributed by atoms with E-state index in [1.54, 1.807) is 18.2 Å². The highest BCUT2D eigenvalue weighted by molar-refractivity contribution is 6.48. The molecular weight excluding hydrogens is 401 g/mol. The molecule has 28 heavy (non-hydrogen) atoms. The number of nitrogens with one attached hydrogen (secondary N) is 1. The zero-order chi connectivity index (χ0) is 20.4. The first-order valence-electron chi connectivity index (χ1n) is 8.81. The maximum absolute atomic E-state index is 12.2. The van der Waals surface area contributed by atoms with Gasteiger partial charge in [0.05, 0.1) is 16.5 Å². The Morgan fingerprint density at radius 1 is 1.25 bits per heavy atom. The van der Waals surface area contributed by atoms with Crippen LogP contribution >= 0.6 is 23.2 Å². The van der Waals surface area contributed by atoms with Gasteiger partial charge in [-0.25, -0.2) is 4.99 Å². The van der Waals surface area contributed by atoms with Gasteiger partial charge in [0.2, 0.25) is 5.90 Å². The van der Waals surface area contributed by atoms with Crippen molar-refractivity contribution in [2.24, 2.45) is 16.0 Å². The van der Waals surface area contributed by atoms with Crippen molar-refractivity contribution in [3.05, 3.63) is 51.7 Å². The van der Waals surface area contributed by atoms with Gasteiger partial charge >= 0.3 is 0 Å². The fourth-order valence-electron chi connectivity index (χ4n) is 2.84. The summed E-state index contributed by atoms with van der Waals surface area (Å²) in [4.78, 5) is 28.4. The highest BCUT2D eigenvalue weighted by atomic mass is 35.5. The van der Waals surface area contributed by atoms with Gasteiger partial charge in [-0.15, -0.1) is 0 Å². The minimum Gasteiger partial charge on any atom is -0.436 e. The van der Waals surface area contributed by atoms with Crippen molar-refractivity contribution >= 4 is 46.4 Å². The second-order valence-electron chi connectivity index (χ2n) is 6.63. The Labute approximate surface area is 173 Å². The standard InChI is InChI=1S/C20H19Cl2N3O3/c1-4-10(2)13-8-18(23-9-17(13)27)28-20-14(21)6-12(7-15(20)22)19-16(26)5-11(3)24-25-19/h6-8,10,24H,3-5,9H2,1-2H3/t10-/m0/s1. The molecule has 0 aliphatic carbocycles. The molecule has 1 N–H and O–H groups in total. The number of Topliss-reactive ketones (excluding diaryl/α,β-unsaturated/α-hetero) is 2. The molecule has 1 atom stereocenters. The Morgan fingerprint density at radius 2 is 1.93 bits per heavy atom. The molecule has 0 saturated heterocycles. The number of hydrogen-bond acceptors (Lipinski definition) is 6. The summed E-state index contributed by atoms with van der Waals surface area (Å²) in [5.41, 5.74) is 4.60. The summed E-state index contributed by atoms with van der Waals surface area (Å²) >= 11 is 12.7. The quantitative estimate of drug-likeness (QED) is 0.795. The largest absolute Gasteiger partial charge is 0.436 e. The van der Waals surface area contributed by atoms with Gasteiger partial charge in [0.25, 0.3) is 0 Å². The van der Waals surface area contributed by atoms with Crippen LogP contribution in [0.3, 0.4) is 0 Å². The lowest BCUT2D eigenvalue weighted by Crippen LogP contribution is -2.27. The van der Waals surface area contributed by atoms with E-state index in [-0.39, 0.29) is 57.9 Å². The Kier molecular flexibility index (Phi) is 6.01. The molecule has 2 aliphatic rings. The number of allylic oxidation sites excluding steroid dienone is 1. The Hall–Kier alpha value is -2.44. The zero-order valence-corrected chi connectivity index (χ0v) is 17.0. The van der Waals surface area contributed by atoms with Gasteiger partial charge < -0.3 is 4.74 Å². The van der Waals surface area contributed by atoms with Crippen LogP contribution in [0.2, 0.25) is 10.0 Å². The van der Waals surface area contributed by atoms with Crippen molar-refractivity contribution in [2.45, 2.75) is 26.7 Å². The van der Waals surface area contributed by atoms with E-state index >= 15 is 0 Å². The topological polar surface area (TPSA) is 80.1 Å². The molecule has 2 heterocycles. The first kappa shape index (κ1) is 20.3. The third-order valence-corrected chi connectivity index (χ3v) is 5.13. The highest BCUT2D eigenvalue weighted by Gasteiger charge is 2.24. The van der Waals surface area contributed by atoms with E-state index < -0.39 is 0 Å². The Bertz CT molecular complexity index is 940. The molecule has 1 aromatic carbocycles. The third-order valence-electron chi connectivity index (χ3n) is 4.56. The summed E-state index contributed by atoms with van der Waals surface area (Å²) in [5.74, 6) is 0.391. The molecule has 0 bridgehead atoms. The third kappa shape index (κ3) is 4.18. The van der Waals surface area contributed by atoms with Crippen LogP contribution in [0.25, 0.3) is 0 Å². The van der Waals surface area contributed by atoms with Gasteiger partial charge in [0.15, 0.2) is 17.3 Å². The fourth-order valence-corrected chi connectivity index (χ4v) is 3.40. The molecule has 0 saturated carbocycles. The molecule has 0 fully saturated rings. The number of hydrogen-bond donors (Lipinski definition) is 1. The number of hydrazone groups is 1. The lowest BCUT2D eigenvalue weighted by Gasteiger charge is -2.19. The summed E-state index contributed by atoms with van der Waals surface area (Å²) in [6, 6.07) is 3.12. The summed E-state index contributed by atoms with van der Waals surface area (Å²) < 4.78 is 5.78. The first-order valence-corrected chi connectivity index (χ1v) is 9.57. The van der Waals surface area contributed by atoms with Gasteiger partial charge in [-0.2, -0.15) is 5.10 Å². The summed E-state index contributed by atoms with van der Waals surface area (Å²) in [5, 5.41) is 4.44. The van der Waals surface area contributed by atoms with Crippen molar-refractivity contribution in [1.82, 2.24) is 5.43 Å². The predicted molar refractivity (Wildman–Crippen MR) is 110 cm³/mol. The Morgan fingerprint density at radius 3 is 2.54 bits per heavy atom. The lowest BCUT2D eigenvalue weighted by molar-refractivity contribution is -0.115. The van der Waals surface area contributed by atoms with Crippen LogP contribution in [0, 0.1) is 5.92 Å². The molecule has 6 nitrogen and oxygen atoms in total. The molecule has 0 amide bonds. The van der Waals surface area contributed by atoms with E-state index in [2.05, 4.69) is 22.1 Å². The van der Waals surface area contributed by atoms with Crippen LogP contribution in [0.15, 0.2) is 46.2 Å². The average Bonchev–Trinajstić information content (AvgIpc) is 2.65. The first-order chi connectivity index (χ1) is 13.3. The molecule has 0 aromatic heterocycles. The van der Waals surface area contributed by atoms with Gasteiger partial charge in [0, 0.05) is 22.9 Å². The van der Waals surface area contributed by atoms with E-state index in [1.165, 1.54) is 0 Å². The van der Waals surface area contributed by atoms with Crippen molar-refractivity contribution in [1.29, 1.82) is 0 Å². The van der Waals surface area contributed by atoms with Gasteiger partial charge in [0.1, 0.15) is 12.3 Å². The molecule has 0 radical (unpaired) electrons. The second kappa shape index (κ2) is 8.29. The number of nitrogens with zero attached hydrogens (tertiary/aromatic N) is 2. The van der Waals surface area contributed by atoms with Crippen molar-refractivity contribution in [2.75, 3.05) is 6.54 Å². The van der Waals surface area contributed by atoms with Gasteiger partial charge in [-0.05, 0) is 24.5 Å². The molecule has 146 valence electrons. The van der Waals surface area contributed by atoms with E-state index in [0.29, 0.717) is 16.8 Å². The summed E-state index contributed by atoms with van der Waals surface area (Å²) in [6.45, 7) is 7.70. The van der Waals surface area contributed by atoms with Crippen LogP contribution in [0.4, 0.5) is 0 Å². The summed E-state index contributed by atoms with van der Waals surface area (Å²) in [7, 11) is 0. The van der Waals surface area contributed by atoms with E-state index in [4.69, 9.17) is 27.9 Å². The number of carbonyl (C=O) groups is 2. The van der Waals surface area contributed by atoms with Crippen LogP contribution < -0.4 is 10.2 Å². The minimum atomic E-state index is -0.180. The van der Waals surface area contributed by atoms with Crippen LogP contribution in [0.1, 0.15) is 32.3 Å². The van der Waals surface area contributed by atoms with Crippen molar-refractivity contribution in [3.63, 3.8) is 0 Å². The number of ketones is 2. The number of rotatable bonds is 4. The molecular formula is C20H19Cl2N3O3. The van der Waals surface area contributed by atoms with Gasteiger partial charge in [-0.3, -0.25) is 15.0 Å². The minimum absolute atomic E-state index is 0.0165. The zero-order valence-electron chi connectivity index (χ0n) is 15.5. The summed E-state index contributed by atoms with van der Waals surface area (Å²) in [6.07, 6.45) is 2.61. The van der Waals surface area contributed by atoms with Crippen LogP contribution in [-0.4, -0.2) is 29.7 Å². The number of carbonyl (C=O) groups excluding carboxylic acids is 2. The number of ether oxygens (including phenoxy) is 1. The number of aliphatic imine (C=N–C) groups is 1. The van der Waals surface area contributed by atoms with Gasteiger partial charge in [-0.1, -0.05) is 43.6 Å². The fraction of sp³-hybridized carbons (Fsp3) is 0.300. The molecule has 0 unspecified atom stereocenters. The average molecular weight is 420 g/mol. The smallest absolute Gasteiger partial charge is 0.215 e. The van der Waals surface area contributed by atoms with E-state index in [0.717, 1.165) is 6.42 Å². The maximum atomic E-state index is 12.2. The normalized spacial score (nSPS) is 18.1. The highest BCUT2D eigenvalue weighted by Crippen LogP contribution is 2.35. The molecule has 8 heteroatoms. The molecule has 2 aliphatic heterocycles. The maximum Gasteiger partial charge on any atom is 0.215 e. The molecule has 0 spiro atoms. The monoisotopic (exact) mass is 419 g/mol. The van der Waals surface area contributed by atoms with E-state index in [1.807, 2.05) is 13.8 Å². The number of halogens is 2. The lowest BCUT2D eigenvalue weighted by atomic mass is 9.93. The molecule has 3 rings (SSSR count). The van der Waals surface area contributed by atoms with Crippen LogP contribution in [0.5, 0.6) is 5.75 Å². The van der Waals surface area contributed by atoms with E-state index in [9.17, 15) is 9.59 Å². The van der Waals surface area contributed by atoms with Crippen LogP contribution in [-0.2, 0) is 9.59 Å². The molecule has 1 aromatic rings. The number of benzene rings is 1. The predicted octanol–water partition coefficient (Wildman–Crippen LogP) is 4.11. The van der Waals surface area contributed by atoms with Crippen molar-refractivity contribution < 1.29 is 14.3 Å². The SMILES string of the molecule is C=C1CC(=O)C(c2cc(Cl)c(OC3=NCC(=O)C([C@@H](C)CC)=C3)c(Cl)c2)=NN1. The number of dihydropyridines is 1. The Balaban J connectivity index is 1.88.